The zero-order chi connectivity index (χ0) is 15.6. The lowest BCUT2D eigenvalue weighted by Crippen LogP contribution is -2.34. The summed E-state index contributed by atoms with van der Waals surface area (Å²) in [5.74, 6) is 0.746. The second-order valence-corrected chi connectivity index (χ2v) is 6.14. The number of nitrogens with zero attached hydrogens (tertiary/aromatic N) is 2. The number of ether oxygens (including phenoxy) is 1. The fraction of sp³-hybridized carbons (Fsp3) is 0.316. The molecule has 5 heteroatoms. The van der Waals surface area contributed by atoms with Gasteiger partial charge in [0.25, 0.3) is 0 Å². The number of aryl methyl sites for hydroxylation is 1. The number of piperidine rings is 1. The molecule has 4 nitrogen and oxygen atoms in total. The van der Waals surface area contributed by atoms with Gasteiger partial charge in [-0.2, -0.15) is 0 Å². The second kappa shape index (κ2) is 7.24. The summed E-state index contributed by atoms with van der Waals surface area (Å²) >= 11 is 0. The average molecular weight is 344 g/mol. The third kappa shape index (κ3) is 3.25. The lowest BCUT2D eigenvalue weighted by atomic mass is 10.1. The van der Waals surface area contributed by atoms with E-state index in [1.54, 1.807) is 0 Å². The van der Waals surface area contributed by atoms with Gasteiger partial charge in [-0.15, -0.1) is 17.5 Å². The molecule has 0 atom stereocenters. The molecule has 1 N–H and O–H groups in total. The van der Waals surface area contributed by atoms with Gasteiger partial charge in [0.1, 0.15) is 6.10 Å². The molecular formula is C19H22ClN3O. The maximum Gasteiger partial charge on any atom is 0.241 e. The van der Waals surface area contributed by atoms with Crippen molar-refractivity contribution >= 4 is 23.3 Å². The van der Waals surface area contributed by atoms with Crippen molar-refractivity contribution in [2.75, 3.05) is 13.1 Å². The number of halogens is 1. The molecule has 0 saturated carbocycles. The summed E-state index contributed by atoms with van der Waals surface area (Å²) in [6.07, 6.45) is 2.32. The van der Waals surface area contributed by atoms with E-state index in [0.717, 1.165) is 48.4 Å². The molecule has 0 amide bonds. The zero-order valence-electron chi connectivity index (χ0n) is 13.7. The Morgan fingerprint density at radius 2 is 1.83 bits per heavy atom. The van der Waals surface area contributed by atoms with E-state index in [-0.39, 0.29) is 18.5 Å². The molecule has 1 saturated heterocycles. The van der Waals surface area contributed by atoms with Crippen LogP contribution in [0.15, 0.2) is 48.5 Å². The molecule has 1 fully saturated rings. The van der Waals surface area contributed by atoms with Gasteiger partial charge < -0.3 is 10.1 Å². The predicted molar refractivity (Wildman–Crippen MR) is 99.6 cm³/mol. The zero-order valence-corrected chi connectivity index (χ0v) is 14.6. The van der Waals surface area contributed by atoms with Crippen LogP contribution in [0.25, 0.3) is 16.6 Å². The van der Waals surface area contributed by atoms with Crippen LogP contribution in [0.1, 0.15) is 18.4 Å². The van der Waals surface area contributed by atoms with Crippen LogP contribution in [0.4, 0.5) is 0 Å². The van der Waals surface area contributed by atoms with Gasteiger partial charge in [0, 0.05) is 0 Å². The molecule has 1 aliphatic rings. The third-order valence-electron chi connectivity index (χ3n) is 4.37. The van der Waals surface area contributed by atoms with Gasteiger partial charge in [-0.1, -0.05) is 24.3 Å². The van der Waals surface area contributed by atoms with Crippen LogP contribution in [-0.4, -0.2) is 29.0 Å². The van der Waals surface area contributed by atoms with E-state index in [4.69, 9.17) is 9.84 Å². The number of hydrogen-bond donors (Lipinski definition) is 1. The topological polar surface area (TPSA) is 39.1 Å². The molecule has 0 spiro atoms. The minimum absolute atomic E-state index is 0. The number of nitrogens with one attached hydrogen (secondary N) is 1. The van der Waals surface area contributed by atoms with Crippen molar-refractivity contribution in [3.63, 3.8) is 0 Å². The quantitative estimate of drug-likeness (QED) is 0.784. The van der Waals surface area contributed by atoms with Crippen LogP contribution in [-0.2, 0) is 0 Å². The number of aromatic nitrogens is 2. The Hall–Kier alpha value is -2.04. The number of rotatable bonds is 3. The van der Waals surface area contributed by atoms with Gasteiger partial charge >= 0.3 is 0 Å². The van der Waals surface area contributed by atoms with Gasteiger partial charge in [-0.05, 0) is 62.7 Å². The molecule has 1 aromatic heterocycles. The molecule has 0 unspecified atom stereocenters. The maximum atomic E-state index is 6.24. The SMILES string of the molecule is Cc1ccc2c(OC3CCNCC3)nn(-c3ccccc3)c2c1.Cl. The second-order valence-electron chi connectivity index (χ2n) is 6.14. The molecule has 3 aromatic rings. The lowest BCUT2D eigenvalue weighted by molar-refractivity contribution is 0.157. The summed E-state index contributed by atoms with van der Waals surface area (Å²) < 4.78 is 8.22. The number of para-hydroxylation sites is 1. The summed E-state index contributed by atoms with van der Waals surface area (Å²) in [6, 6.07) is 16.6. The molecule has 0 radical (unpaired) electrons. The van der Waals surface area contributed by atoms with E-state index in [1.807, 2.05) is 22.9 Å². The molecule has 2 heterocycles. The summed E-state index contributed by atoms with van der Waals surface area (Å²) in [5, 5.41) is 9.22. The first-order valence-electron chi connectivity index (χ1n) is 8.23. The fourth-order valence-electron chi connectivity index (χ4n) is 3.12. The lowest BCUT2D eigenvalue weighted by Gasteiger charge is -2.22. The van der Waals surface area contributed by atoms with Crippen LogP contribution >= 0.6 is 12.4 Å². The Bertz CT molecular complexity index is 810. The normalized spacial score (nSPS) is 15.2. The highest BCUT2D eigenvalue weighted by atomic mass is 35.5. The molecule has 2 aromatic carbocycles. The molecule has 0 aliphatic carbocycles. The van der Waals surface area contributed by atoms with Crippen LogP contribution in [0.2, 0.25) is 0 Å². The minimum Gasteiger partial charge on any atom is -0.473 e. The largest absolute Gasteiger partial charge is 0.473 e. The summed E-state index contributed by atoms with van der Waals surface area (Å²) in [6.45, 7) is 4.14. The Morgan fingerprint density at radius 1 is 1.08 bits per heavy atom. The Kier molecular flexibility index (Phi) is 5.07. The van der Waals surface area contributed by atoms with E-state index in [9.17, 15) is 0 Å². The van der Waals surface area contributed by atoms with Crippen molar-refractivity contribution in [2.24, 2.45) is 0 Å². The van der Waals surface area contributed by atoms with Crippen molar-refractivity contribution in [2.45, 2.75) is 25.9 Å². The van der Waals surface area contributed by atoms with Crippen molar-refractivity contribution in [1.29, 1.82) is 0 Å². The first-order valence-corrected chi connectivity index (χ1v) is 8.23. The molecule has 126 valence electrons. The minimum atomic E-state index is 0. The highest BCUT2D eigenvalue weighted by Crippen LogP contribution is 2.29. The first-order chi connectivity index (χ1) is 11.3. The van der Waals surface area contributed by atoms with E-state index >= 15 is 0 Å². The van der Waals surface area contributed by atoms with Gasteiger partial charge in [0.05, 0.1) is 16.6 Å². The highest BCUT2D eigenvalue weighted by molar-refractivity contribution is 5.86. The smallest absolute Gasteiger partial charge is 0.241 e. The van der Waals surface area contributed by atoms with Gasteiger partial charge in [-0.25, -0.2) is 4.68 Å². The van der Waals surface area contributed by atoms with Crippen molar-refractivity contribution in [3.8, 4) is 11.6 Å². The number of hydrogen-bond acceptors (Lipinski definition) is 3. The van der Waals surface area contributed by atoms with Crippen LogP contribution < -0.4 is 10.1 Å². The summed E-state index contributed by atoms with van der Waals surface area (Å²) in [7, 11) is 0. The van der Waals surface area contributed by atoms with E-state index in [1.165, 1.54) is 5.56 Å². The van der Waals surface area contributed by atoms with Crippen molar-refractivity contribution in [3.05, 3.63) is 54.1 Å². The Labute approximate surface area is 148 Å². The van der Waals surface area contributed by atoms with Crippen LogP contribution in [0.5, 0.6) is 5.88 Å². The molecule has 24 heavy (non-hydrogen) atoms. The predicted octanol–water partition coefficient (Wildman–Crippen LogP) is 3.89. The maximum absolute atomic E-state index is 6.24. The number of fused-ring (bicyclic) bond motifs is 1. The fourth-order valence-corrected chi connectivity index (χ4v) is 3.12. The van der Waals surface area contributed by atoms with Crippen LogP contribution in [0, 0.1) is 6.92 Å². The summed E-state index contributed by atoms with van der Waals surface area (Å²) in [4.78, 5) is 0. The standard InChI is InChI=1S/C19H21N3O.ClH/c1-14-7-8-17-18(13-14)22(15-5-3-2-4-6-15)21-19(17)23-16-9-11-20-12-10-16;/h2-8,13,16,20H,9-12H2,1H3;1H. The Morgan fingerprint density at radius 3 is 2.58 bits per heavy atom. The van der Waals surface area contributed by atoms with Crippen molar-refractivity contribution < 1.29 is 4.74 Å². The van der Waals surface area contributed by atoms with E-state index in [0.29, 0.717) is 0 Å². The monoisotopic (exact) mass is 343 g/mol. The van der Waals surface area contributed by atoms with E-state index < -0.39 is 0 Å². The van der Waals surface area contributed by atoms with Gasteiger partial charge in [-0.3, -0.25) is 0 Å². The highest BCUT2D eigenvalue weighted by Gasteiger charge is 2.19. The molecule has 0 bridgehead atoms. The average Bonchev–Trinajstić information content (AvgIpc) is 2.94. The summed E-state index contributed by atoms with van der Waals surface area (Å²) in [5.41, 5.74) is 3.38. The van der Waals surface area contributed by atoms with Gasteiger partial charge in [0.15, 0.2) is 0 Å². The third-order valence-corrected chi connectivity index (χ3v) is 4.37. The Balaban J connectivity index is 0.00000169. The van der Waals surface area contributed by atoms with Gasteiger partial charge in [0.2, 0.25) is 5.88 Å². The number of benzene rings is 2. The molecule has 1 aliphatic heterocycles. The molecule has 4 rings (SSSR count). The van der Waals surface area contributed by atoms with Crippen LogP contribution in [0.3, 0.4) is 0 Å². The molecular weight excluding hydrogens is 322 g/mol. The van der Waals surface area contributed by atoms with E-state index in [2.05, 4.69) is 42.6 Å². The first kappa shape index (κ1) is 16.8. The van der Waals surface area contributed by atoms with Crippen molar-refractivity contribution in [1.82, 2.24) is 15.1 Å².